The van der Waals surface area contributed by atoms with Gasteiger partial charge in [0.1, 0.15) is 6.07 Å². The first-order chi connectivity index (χ1) is 27.2. The van der Waals surface area contributed by atoms with Crippen LogP contribution in [0.25, 0.3) is 98.5 Å². The number of hydrogen-bond acceptors (Lipinski definition) is 1. The highest BCUT2D eigenvalue weighted by Crippen LogP contribution is 2.43. The second-order valence-corrected chi connectivity index (χ2v) is 13.9. The van der Waals surface area contributed by atoms with Gasteiger partial charge in [-0.3, -0.25) is 0 Å². The van der Waals surface area contributed by atoms with Crippen LogP contribution in [-0.4, -0.2) is 13.7 Å². The van der Waals surface area contributed by atoms with Crippen LogP contribution in [0.4, 0.5) is 5.69 Å². The van der Waals surface area contributed by atoms with E-state index in [1.165, 1.54) is 10.8 Å². The Bertz CT molecular complexity index is 3420. The average Bonchev–Trinajstić information content (AvgIpc) is 3.89. The summed E-state index contributed by atoms with van der Waals surface area (Å²) >= 11 is 0. The Morgan fingerprint density at radius 2 is 0.982 bits per heavy atom. The second kappa shape index (κ2) is 11.8. The van der Waals surface area contributed by atoms with Crippen molar-refractivity contribution in [3.05, 3.63) is 193 Å². The Balaban J connectivity index is 1.20. The van der Waals surface area contributed by atoms with Gasteiger partial charge in [-0.25, -0.2) is 4.85 Å². The lowest BCUT2D eigenvalue weighted by Crippen LogP contribution is -2.02. The van der Waals surface area contributed by atoms with Crippen LogP contribution in [0.2, 0.25) is 0 Å². The zero-order valence-corrected chi connectivity index (χ0v) is 29.5. The molecule has 55 heavy (non-hydrogen) atoms. The van der Waals surface area contributed by atoms with Gasteiger partial charge < -0.3 is 13.7 Å². The molecular weight excluding hydrogens is 671 g/mol. The molecule has 0 atom stereocenters. The lowest BCUT2D eigenvalue weighted by molar-refractivity contribution is 1.16. The van der Waals surface area contributed by atoms with E-state index < -0.39 is 0 Å². The third-order valence-electron chi connectivity index (χ3n) is 11.1. The molecule has 5 nitrogen and oxygen atoms in total. The van der Waals surface area contributed by atoms with Crippen molar-refractivity contribution in [2.24, 2.45) is 0 Å². The maximum Gasteiger partial charge on any atom is 0.197 e. The first-order valence-electron chi connectivity index (χ1n) is 18.3. The van der Waals surface area contributed by atoms with Crippen LogP contribution in [0, 0.1) is 17.9 Å². The fourth-order valence-corrected chi connectivity index (χ4v) is 8.90. The first kappa shape index (κ1) is 30.7. The van der Waals surface area contributed by atoms with E-state index in [1.54, 1.807) is 0 Å². The number of fused-ring (bicyclic) bond motifs is 9. The molecule has 11 aromatic rings. The quantitative estimate of drug-likeness (QED) is 0.169. The highest BCUT2D eigenvalue weighted by Gasteiger charge is 2.23. The zero-order valence-electron chi connectivity index (χ0n) is 29.5. The van der Waals surface area contributed by atoms with Crippen LogP contribution in [0.5, 0.6) is 0 Å². The lowest BCUT2D eigenvalue weighted by Gasteiger charge is -2.17. The Morgan fingerprint density at radius 3 is 1.65 bits per heavy atom. The van der Waals surface area contributed by atoms with Crippen molar-refractivity contribution in [3.63, 3.8) is 0 Å². The molecule has 0 aliphatic heterocycles. The number of para-hydroxylation sites is 5. The normalized spacial score (nSPS) is 11.6. The molecule has 3 aromatic heterocycles. The van der Waals surface area contributed by atoms with Gasteiger partial charge in [-0.2, -0.15) is 5.26 Å². The highest BCUT2D eigenvalue weighted by molar-refractivity contribution is 6.17. The summed E-state index contributed by atoms with van der Waals surface area (Å²) in [6.07, 6.45) is 0. The molecule has 11 rings (SSSR count). The van der Waals surface area contributed by atoms with E-state index in [1.807, 2.05) is 36.4 Å². The summed E-state index contributed by atoms with van der Waals surface area (Å²) in [5.41, 5.74) is 12.4. The summed E-state index contributed by atoms with van der Waals surface area (Å²) in [6.45, 7) is 7.92. The van der Waals surface area contributed by atoms with E-state index in [9.17, 15) is 5.26 Å². The van der Waals surface area contributed by atoms with Gasteiger partial charge >= 0.3 is 0 Å². The van der Waals surface area contributed by atoms with E-state index in [2.05, 4.69) is 164 Å². The largest absolute Gasteiger partial charge is 0.311 e. The molecule has 0 spiro atoms. The SMILES string of the molecule is [C-]#[N+]c1cccc2c1c1ccccc1n2-c1cccc(-c2cccc(C#N)c2-n2c3ccccc3c3c(-n4c5ccccc5c5ccccc54)cccc32)c1. The summed E-state index contributed by atoms with van der Waals surface area (Å²) in [4.78, 5) is 3.88. The summed E-state index contributed by atoms with van der Waals surface area (Å²) in [5, 5.41) is 17.4. The van der Waals surface area contributed by atoms with Crippen molar-refractivity contribution in [1.82, 2.24) is 13.7 Å². The van der Waals surface area contributed by atoms with Crippen LogP contribution >= 0.6 is 0 Å². The molecule has 8 aromatic carbocycles. The third-order valence-corrected chi connectivity index (χ3v) is 11.1. The van der Waals surface area contributed by atoms with Crippen molar-refractivity contribution in [3.8, 4) is 34.3 Å². The molecule has 5 heteroatoms. The van der Waals surface area contributed by atoms with Crippen LogP contribution in [0.15, 0.2) is 176 Å². The van der Waals surface area contributed by atoms with E-state index in [4.69, 9.17) is 6.57 Å². The van der Waals surface area contributed by atoms with E-state index in [0.29, 0.717) is 11.3 Å². The molecule has 254 valence electrons. The van der Waals surface area contributed by atoms with Crippen molar-refractivity contribution < 1.29 is 0 Å². The van der Waals surface area contributed by atoms with Gasteiger partial charge in [0, 0.05) is 43.7 Å². The molecule has 0 saturated carbocycles. The van der Waals surface area contributed by atoms with Crippen LogP contribution in [0.1, 0.15) is 5.56 Å². The summed E-state index contributed by atoms with van der Waals surface area (Å²) < 4.78 is 6.91. The molecule has 0 amide bonds. The van der Waals surface area contributed by atoms with Crippen LogP contribution < -0.4 is 0 Å². The fourth-order valence-electron chi connectivity index (χ4n) is 8.90. The average molecular weight is 700 g/mol. The van der Waals surface area contributed by atoms with Gasteiger partial charge in [-0.1, -0.05) is 115 Å². The van der Waals surface area contributed by atoms with Gasteiger partial charge in [0.25, 0.3) is 0 Å². The molecule has 0 radical (unpaired) electrons. The summed E-state index contributed by atoms with van der Waals surface area (Å²) in [6, 6.07) is 63.6. The Hall–Kier alpha value is -7.86. The van der Waals surface area contributed by atoms with Crippen molar-refractivity contribution in [2.75, 3.05) is 0 Å². The Labute approximate surface area is 316 Å². The molecular formula is C50H29N5. The van der Waals surface area contributed by atoms with E-state index >= 15 is 0 Å². The van der Waals surface area contributed by atoms with Crippen molar-refractivity contribution in [2.45, 2.75) is 0 Å². The lowest BCUT2D eigenvalue weighted by atomic mass is 9.99. The minimum atomic E-state index is 0.589. The van der Waals surface area contributed by atoms with Gasteiger partial charge in [-0.05, 0) is 71.6 Å². The summed E-state index contributed by atoms with van der Waals surface area (Å²) in [7, 11) is 0. The molecule has 0 N–H and O–H groups in total. The number of aromatic nitrogens is 3. The molecule has 3 heterocycles. The molecule has 0 aliphatic rings. The van der Waals surface area contributed by atoms with Crippen LogP contribution in [-0.2, 0) is 0 Å². The predicted octanol–water partition coefficient (Wildman–Crippen LogP) is 13.1. The standard InChI is InChI=1S/C50H29N5/c1-52-40-22-12-27-45-48(40)38-19-4-8-25-43(38)53(45)34-16-10-14-32(30-34)35-21-11-15-33(31-51)50(35)55-44-26-9-5-20-39(44)49-46(28-13-29-47(49)55)54-41-23-6-2-17-36(41)37-18-3-7-24-42(37)54/h2-30H. The van der Waals surface area contributed by atoms with Gasteiger partial charge in [0.15, 0.2) is 5.69 Å². The molecule has 0 saturated heterocycles. The maximum absolute atomic E-state index is 10.8. The number of hydrogen-bond donors (Lipinski definition) is 0. The second-order valence-electron chi connectivity index (χ2n) is 13.9. The molecule has 0 fully saturated rings. The molecule has 0 aliphatic carbocycles. The Morgan fingerprint density at radius 1 is 0.455 bits per heavy atom. The molecule has 0 unspecified atom stereocenters. The van der Waals surface area contributed by atoms with Gasteiger partial charge in [0.2, 0.25) is 0 Å². The minimum Gasteiger partial charge on any atom is -0.311 e. The molecule has 0 bridgehead atoms. The van der Waals surface area contributed by atoms with Gasteiger partial charge in [-0.15, -0.1) is 0 Å². The minimum absolute atomic E-state index is 0.589. The Kier molecular flexibility index (Phi) is 6.61. The van der Waals surface area contributed by atoms with E-state index in [-0.39, 0.29) is 0 Å². The first-order valence-corrected chi connectivity index (χ1v) is 18.3. The van der Waals surface area contributed by atoms with E-state index in [0.717, 1.165) is 82.8 Å². The van der Waals surface area contributed by atoms with Crippen LogP contribution in [0.3, 0.4) is 0 Å². The highest BCUT2D eigenvalue weighted by atomic mass is 15.0. The van der Waals surface area contributed by atoms with Gasteiger partial charge in [0.05, 0.1) is 51.1 Å². The monoisotopic (exact) mass is 699 g/mol. The number of rotatable bonds is 4. The fraction of sp³-hybridized carbons (Fsp3) is 0. The topological polar surface area (TPSA) is 42.9 Å². The maximum atomic E-state index is 10.8. The van der Waals surface area contributed by atoms with Crippen molar-refractivity contribution in [1.29, 1.82) is 5.26 Å². The predicted molar refractivity (Wildman–Crippen MR) is 226 cm³/mol. The third kappa shape index (κ3) is 4.33. The van der Waals surface area contributed by atoms with Crippen molar-refractivity contribution >= 4 is 71.1 Å². The number of nitrogens with zero attached hydrogens (tertiary/aromatic N) is 5. The number of benzene rings is 8. The summed E-state index contributed by atoms with van der Waals surface area (Å²) in [5.74, 6) is 0. The zero-order chi connectivity index (χ0) is 36.6. The smallest absolute Gasteiger partial charge is 0.197 e. The number of nitriles is 1.